The summed E-state index contributed by atoms with van der Waals surface area (Å²) in [6.07, 6.45) is 9.34. The van der Waals surface area contributed by atoms with Gasteiger partial charge in [0.05, 0.1) is 7.11 Å². The number of hydrogen-bond donors (Lipinski definition) is 2. The topological polar surface area (TPSA) is 43.5 Å². The van der Waals surface area contributed by atoms with E-state index in [0.29, 0.717) is 0 Å². The first kappa shape index (κ1) is 22.1. The lowest BCUT2D eigenvalue weighted by Crippen LogP contribution is -2.43. The molecule has 172 valence electrons. The number of aromatic amines is 1. The fraction of sp³-hybridized carbons (Fsp3) is 0.370. The predicted molar refractivity (Wildman–Crippen MR) is 140 cm³/mol. The Labute approximate surface area is 201 Å². The van der Waals surface area contributed by atoms with Crippen molar-refractivity contribution in [2.45, 2.75) is 25.7 Å². The Morgan fingerprint density at radius 2 is 1.91 bits per heavy atom. The molecular formula is C27H32N4OS. The van der Waals surface area contributed by atoms with Crippen LogP contribution in [0.3, 0.4) is 0 Å². The van der Waals surface area contributed by atoms with Gasteiger partial charge in [0.15, 0.2) is 0 Å². The number of fused-ring (bicyclic) bond motifs is 1. The molecule has 3 aromatic rings. The molecule has 33 heavy (non-hydrogen) atoms. The predicted octanol–water partition coefficient (Wildman–Crippen LogP) is 4.78. The first-order valence-corrected chi connectivity index (χ1v) is 12.3. The van der Waals surface area contributed by atoms with Crippen LogP contribution in [0.25, 0.3) is 16.5 Å². The van der Waals surface area contributed by atoms with E-state index >= 15 is 0 Å². The molecule has 0 saturated carbocycles. The van der Waals surface area contributed by atoms with Crippen molar-refractivity contribution >= 4 is 33.7 Å². The van der Waals surface area contributed by atoms with Crippen LogP contribution in [0.5, 0.6) is 5.75 Å². The summed E-state index contributed by atoms with van der Waals surface area (Å²) in [5.74, 6) is 0.839. The maximum Gasteiger partial charge on any atom is 0.121 e. The van der Waals surface area contributed by atoms with Gasteiger partial charge in [-0.2, -0.15) is 0 Å². The fourth-order valence-electron chi connectivity index (χ4n) is 4.85. The number of likely N-dealkylation sites (tertiary alicyclic amines) is 1. The Kier molecular flexibility index (Phi) is 6.76. The minimum Gasteiger partial charge on any atom is -0.497 e. The number of H-pyrrole nitrogens is 1. The van der Waals surface area contributed by atoms with Crippen LogP contribution in [0.2, 0.25) is 0 Å². The molecule has 1 aromatic heterocycles. The standard InChI is InChI=1S/C27H32N4OS/c1-32-24-7-4-21(5-8-24)27(33)29-31-16-11-20(12-17-31)22-6-9-26-25(18-22)23(19-28-26)10-15-30-13-2-3-14-30/h4-9,11,18-19,28H,2-3,10,12-17H2,1H3,(H,29,33). The highest BCUT2D eigenvalue weighted by Crippen LogP contribution is 2.28. The number of methoxy groups -OCH3 is 1. The van der Waals surface area contributed by atoms with Crippen molar-refractivity contribution < 1.29 is 4.74 Å². The van der Waals surface area contributed by atoms with Gasteiger partial charge in [-0.3, -0.25) is 0 Å². The van der Waals surface area contributed by atoms with Gasteiger partial charge in [0.1, 0.15) is 10.7 Å². The number of aromatic nitrogens is 1. The van der Waals surface area contributed by atoms with E-state index in [1.54, 1.807) is 7.11 Å². The highest BCUT2D eigenvalue weighted by Gasteiger charge is 2.16. The number of nitrogens with one attached hydrogen (secondary N) is 2. The number of hydrazine groups is 1. The summed E-state index contributed by atoms with van der Waals surface area (Å²) in [4.78, 5) is 6.80. The van der Waals surface area contributed by atoms with Gasteiger partial charge in [0, 0.05) is 42.3 Å². The molecule has 0 amide bonds. The maximum absolute atomic E-state index is 5.60. The molecule has 0 aliphatic carbocycles. The zero-order valence-corrected chi connectivity index (χ0v) is 20.1. The summed E-state index contributed by atoms with van der Waals surface area (Å²) in [5, 5.41) is 3.56. The molecule has 6 heteroatoms. The van der Waals surface area contributed by atoms with Crippen LogP contribution in [0, 0.1) is 0 Å². The molecule has 0 unspecified atom stereocenters. The average molecular weight is 461 g/mol. The van der Waals surface area contributed by atoms with E-state index in [9.17, 15) is 0 Å². The summed E-state index contributed by atoms with van der Waals surface area (Å²) in [6.45, 7) is 5.43. The largest absolute Gasteiger partial charge is 0.497 e. The minimum atomic E-state index is 0.742. The molecule has 5 nitrogen and oxygen atoms in total. The van der Waals surface area contributed by atoms with Gasteiger partial charge in [-0.05, 0) is 91.9 Å². The van der Waals surface area contributed by atoms with Crippen LogP contribution in [-0.4, -0.2) is 59.7 Å². The van der Waals surface area contributed by atoms with Gasteiger partial charge in [-0.25, -0.2) is 5.01 Å². The summed E-state index contributed by atoms with van der Waals surface area (Å²) in [6, 6.07) is 14.7. The lowest BCUT2D eigenvalue weighted by atomic mass is 9.97. The summed E-state index contributed by atoms with van der Waals surface area (Å²) in [5.41, 5.74) is 9.81. The molecule has 5 rings (SSSR count). The van der Waals surface area contributed by atoms with E-state index in [1.807, 2.05) is 24.3 Å². The SMILES string of the molecule is COc1ccc(C(=S)NN2CC=C(c3ccc4[nH]cc(CCN5CCCC5)c4c3)CC2)cc1. The first-order valence-electron chi connectivity index (χ1n) is 11.9. The monoisotopic (exact) mass is 460 g/mol. The molecule has 3 heterocycles. The molecule has 1 fully saturated rings. The van der Waals surface area contributed by atoms with Gasteiger partial charge in [-0.1, -0.05) is 24.4 Å². The smallest absolute Gasteiger partial charge is 0.121 e. The van der Waals surface area contributed by atoms with Crippen LogP contribution >= 0.6 is 12.2 Å². The van der Waals surface area contributed by atoms with Gasteiger partial charge in [0.2, 0.25) is 0 Å². The van der Waals surface area contributed by atoms with Crippen LogP contribution in [0.15, 0.2) is 54.7 Å². The van der Waals surface area contributed by atoms with Crippen molar-refractivity contribution in [3.05, 3.63) is 71.4 Å². The quantitative estimate of drug-likeness (QED) is 0.497. The minimum absolute atomic E-state index is 0.742. The first-order chi connectivity index (χ1) is 16.2. The Hall–Kier alpha value is -2.67. The summed E-state index contributed by atoms with van der Waals surface area (Å²) >= 11 is 5.60. The molecule has 0 spiro atoms. The number of benzene rings is 2. The molecular weight excluding hydrogens is 428 g/mol. The van der Waals surface area contributed by atoms with Gasteiger partial charge in [0.25, 0.3) is 0 Å². The number of rotatable bonds is 7. The van der Waals surface area contributed by atoms with Crippen molar-refractivity contribution in [1.29, 1.82) is 0 Å². The summed E-state index contributed by atoms with van der Waals surface area (Å²) in [7, 11) is 1.67. The Morgan fingerprint density at radius 3 is 2.64 bits per heavy atom. The number of nitrogens with zero attached hydrogens (tertiary/aromatic N) is 2. The zero-order chi connectivity index (χ0) is 22.6. The van der Waals surface area contributed by atoms with Gasteiger partial charge < -0.3 is 20.0 Å². The normalized spacial score (nSPS) is 17.3. The van der Waals surface area contributed by atoms with Crippen LogP contribution in [-0.2, 0) is 6.42 Å². The van der Waals surface area contributed by atoms with E-state index in [-0.39, 0.29) is 0 Å². The lowest BCUT2D eigenvalue weighted by Gasteiger charge is -2.28. The highest BCUT2D eigenvalue weighted by atomic mass is 32.1. The van der Waals surface area contributed by atoms with E-state index in [1.165, 1.54) is 53.5 Å². The third-order valence-corrected chi connectivity index (χ3v) is 7.18. The van der Waals surface area contributed by atoms with E-state index in [4.69, 9.17) is 17.0 Å². The van der Waals surface area contributed by atoms with Gasteiger partial charge >= 0.3 is 0 Å². The highest BCUT2D eigenvalue weighted by molar-refractivity contribution is 7.80. The van der Waals surface area contributed by atoms with Crippen molar-refractivity contribution in [3.63, 3.8) is 0 Å². The van der Waals surface area contributed by atoms with Crippen molar-refractivity contribution in [2.75, 3.05) is 39.8 Å². The molecule has 2 aromatic carbocycles. The number of ether oxygens (including phenoxy) is 1. The second-order valence-electron chi connectivity index (χ2n) is 8.97. The van der Waals surface area contributed by atoms with Crippen molar-refractivity contribution in [2.24, 2.45) is 0 Å². The molecule has 2 aliphatic heterocycles. The van der Waals surface area contributed by atoms with Gasteiger partial charge in [-0.15, -0.1) is 0 Å². The van der Waals surface area contributed by atoms with E-state index in [2.05, 4.69) is 50.8 Å². The third-order valence-electron chi connectivity index (χ3n) is 6.86. The summed E-state index contributed by atoms with van der Waals surface area (Å²) < 4.78 is 5.23. The van der Waals surface area contributed by atoms with Crippen LogP contribution < -0.4 is 10.2 Å². The molecule has 1 saturated heterocycles. The Balaban J connectivity index is 1.22. The Bertz CT molecular complexity index is 1140. The van der Waals surface area contributed by atoms with Crippen LogP contribution in [0.4, 0.5) is 0 Å². The van der Waals surface area contributed by atoms with Crippen LogP contribution in [0.1, 0.15) is 36.0 Å². The molecule has 0 radical (unpaired) electrons. The molecule has 0 bridgehead atoms. The molecule has 2 aliphatic rings. The maximum atomic E-state index is 5.60. The molecule has 0 atom stereocenters. The average Bonchev–Trinajstić information content (AvgIpc) is 3.53. The fourth-order valence-corrected chi connectivity index (χ4v) is 5.12. The molecule has 2 N–H and O–H groups in total. The lowest BCUT2D eigenvalue weighted by molar-refractivity contribution is 0.263. The Morgan fingerprint density at radius 1 is 1.09 bits per heavy atom. The number of thiocarbonyl (C=S) groups is 1. The zero-order valence-electron chi connectivity index (χ0n) is 19.3. The van der Waals surface area contributed by atoms with E-state index in [0.717, 1.165) is 48.8 Å². The van der Waals surface area contributed by atoms with Crippen molar-refractivity contribution in [3.8, 4) is 5.75 Å². The third kappa shape index (κ3) is 5.13. The van der Waals surface area contributed by atoms with Crippen molar-refractivity contribution in [1.82, 2.24) is 20.3 Å². The van der Waals surface area contributed by atoms with E-state index < -0.39 is 0 Å². The second kappa shape index (κ2) is 10.1. The number of hydrogen-bond acceptors (Lipinski definition) is 4. The second-order valence-corrected chi connectivity index (χ2v) is 9.38.